The quantitative estimate of drug-likeness (QED) is 0.624. The summed E-state index contributed by atoms with van der Waals surface area (Å²) in [6.45, 7) is 2.47. The molecule has 6 nitrogen and oxygen atoms in total. The molecule has 0 fully saturated rings. The van der Waals surface area contributed by atoms with E-state index in [9.17, 15) is 17.6 Å². The van der Waals surface area contributed by atoms with Gasteiger partial charge in [-0.15, -0.1) is 0 Å². The van der Waals surface area contributed by atoms with E-state index in [4.69, 9.17) is 9.47 Å². The molecule has 0 unspecified atom stereocenters. The van der Waals surface area contributed by atoms with Crippen LogP contribution < -0.4 is 14.2 Å². The highest BCUT2D eigenvalue weighted by atomic mass is 32.2. The first-order valence-electron chi connectivity index (χ1n) is 9.17. The van der Waals surface area contributed by atoms with E-state index in [0.717, 1.165) is 5.56 Å². The van der Waals surface area contributed by atoms with Crippen molar-refractivity contribution in [3.8, 4) is 11.5 Å². The summed E-state index contributed by atoms with van der Waals surface area (Å²) >= 11 is 0. The average molecular weight is 427 g/mol. The van der Waals surface area contributed by atoms with Gasteiger partial charge < -0.3 is 9.47 Å². The molecule has 8 heteroatoms. The Morgan fingerprint density at radius 3 is 2.17 bits per heavy atom. The zero-order valence-electron chi connectivity index (χ0n) is 16.0. The zero-order valence-corrected chi connectivity index (χ0v) is 16.8. The van der Waals surface area contributed by atoms with Gasteiger partial charge in [-0.2, -0.15) is 0 Å². The molecule has 0 aromatic heterocycles. The molecule has 0 bridgehead atoms. The van der Waals surface area contributed by atoms with E-state index in [1.54, 1.807) is 12.1 Å². The number of ketones is 1. The van der Waals surface area contributed by atoms with Crippen LogP contribution in [0.3, 0.4) is 0 Å². The second-order valence-electron chi connectivity index (χ2n) is 6.80. The Hall–Kier alpha value is -3.39. The first-order chi connectivity index (χ1) is 14.3. The predicted molar refractivity (Wildman–Crippen MR) is 109 cm³/mol. The van der Waals surface area contributed by atoms with Crippen LogP contribution in [-0.2, 0) is 10.0 Å². The van der Waals surface area contributed by atoms with Crippen LogP contribution in [0.5, 0.6) is 11.5 Å². The largest absolute Gasteiger partial charge is 0.486 e. The van der Waals surface area contributed by atoms with Crippen LogP contribution in [0, 0.1) is 12.7 Å². The number of rotatable bonds is 5. The Kier molecular flexibility index (Phi) is 5.17. The lowest BCUT2D eigenvalue weighted by Gasteiger charge is -2.21. The number of anilines is 1. The smallest absolute Gasteiger partial charge is 0.261 e. The number of benzene rings is 3. The van der Waals surface area contributed by atoms with E-state index in [-0.39, 0.29) is 21.7 Å². The van der Waals surface area contributed by atoms with Gasteiger partial charge in [0.1, 0.15) is 19.0 Å². The van der Waals surface area contributed by atoms with Gasteiger partial charge in [-0.05, 0) is 49.4 Å². The maximum atomic E-state index is 13.3. The molecule has 1 aliphatic heterocycles. The fraction of sp³-hybridized carbons (Fsp3) is 0.136. The van der Waals surface area contributed by atoms with Crippen LogP contribution in [0.1, 0.15) is 21.5 Å². The van der Waals surface area contributed by atoms with Gasteiger partial charge in [-0.1, -0.05) is 17.7 Å². The van der Waals surface area contributed by atoms with E-state index in [1.165, 1.54) is 48.5 Å². The van der Waals surface area contributed by atoms with Crippen LogP contribution in [0.4, 0.5) is 10.1 Å². The van der Waals surface area contributed by atoms with Gasteiger partial charge in [0.05, 0.1) is 16.1 Å². The fourth-order valence-electron chi connectivity index (χ4n) is 3.04. The maximum Gasteiger partial charge on any atom is 0.261 e. The van der Waals surface area contributed by atoms with Crippen molar-refractivity contribution in [2.45, 2.75) is 11.8 Å². The summed E-state index contributed by atoms with van der Waals surface area (Å²) < 4.78 is 52.6. The summed E-state index contributed by atoms with van der Waals surface area (Å²) in [5.74, 6) is -0.286. The van der Waals surface area contributed by atoms with Gasteiger partial charge in [-0.3, -0.25) is 9.52 Å². The zero-order chi connectivity index (χ0) is 21.3. The minimum Gasteiger partial charge on any atom is -0.486 e. The summed E-state index contributed by atoms with van der Waals surface area (Å²) in [5.41, 5.74) is 1.25. The monoisotopic (exact) mass is 427 g/mol. The highest BCUT2D eigenvalue weighted by molar-refractivity contribution is 7.92. The minimum atomic E-state index is -3.96. The van der Waals surface area contributed by atoms with E-state index in [2.05, 4.69) is 4.72 Å². The van der Waals surface area contributed by atoms with E-state index in [1.807, 2.05) is 6.92 Å². The summed E-state index contributed by atoms with van der Waals surface area (Å²) in [6, 6.07) is 14.2. The molecular formula is C22H18FNO5S. The first-order valence-corrected chi connectivity index (χ1v) is 10.7. The number of carbonyl (C=O) groups is 1. The van der Waals surface area contributed by atoms with Crippen LogP contribution in [-0.4, -0.2) is 27.4 Å². The van der Waals surface area contributed by atoms with Crippen molar-refractivity contribution in [3.05, 3.63) is 83.2 Å². The SMILES string of the molecule is Cc1ccc(S(=O)(=O)Nc2cc3c(cc2C(=O)c2ccc(F)cc2)OCCO3)cc1. The maximum absolute atomic E-state index is 13.3. The lowest BCUT2D eigenvalue weighted by molar-refractivity contribution is 0.103. The average Bonchev–Trinajstić information content (AvgIpc) is 2.73. The molecule has 3 aromatic carbocycles. The molecule has 0 atom stereocenters. The molecule has 4 rings (SSSR count). The van der Waals surface area contributed by atoms with Crippen molar-refractivity contribution in [2.24, 2.45) is 0 Å². The molecular weight excluding hydrogens is 409 g/mol. The van der Waals surface area contributed by atoms with Crippen molar-refractivity contribution in [3.63, 3.8) is 0 Å². The topological polar surface area (TPSA) is 81.7 Å². The van der Waals surface area contributed by atoms with Crippen molar-refractivity contribution in [1.29, 1.82) is 0 Å². The van der Waals surface area contributed by atoms with Crippen LogP contribution >= 0.6 is 0 Å². The molecule has 0 spiro atoms. The number of ether oxygens (including phenoxy) is 2. The number of fused-ring (bicyclic) bond motifs is 1. The van der Waals surface area contributed by atoms with Gasteiger partial charge in [-0.25, -0.2) is 12.8 Å². The van der Waals surface area contributed by atoms with Crippen molar-refractivity contribution < 1.29 is 27.1 Å². The van der Waals surface area contributed by atoms with Crippen molar-refractivity contribution in [2.75, 3.05) is 17.9 Å². The molecule has 154 valence electrons. The summed E-state index contributed by atoms with van der Waals surface area (Å²) in [6.07, 6.45) is 0. The summed E-state index contributed by atoms with van der Waals surface area (Å²) in [7, 11) is -3.96. The van der Waals surface area contributed by atoms with Gasteiger partial charge in [0.2, 0.25) is 0 Å². The number of nitrogens with one attached hydrogen (secondary N) is 1. The van der Waals surface area contributed by atoms with Crippen molar-refractivity contribution >= 4 is 21.5 Å². The molecule has 1 N–H and O–H groups in total. The molecule has 30 heavy (non-hydrogen) atoms. The van der Waals surface area contributed by atoms with Crippen LogP contribution in [0.15, 0.2) is 65.6 Å². The Labute approximate surface area is 173 Å². The number of aryl methyl sites for hydroxylation is 1. The van der Waals surface area contributed by atoms with E-state index < -0.39 is 21.6 Å². The molecule has 0 radical (unpaired) electrons. The Morgan fingerprint density at radius 1 is 0.933 bits per heavy atom. The predicted octanol–water partition coefficient (Wildman–Crippen LogP) is 3.94. The van der Waals surface area contributed by atoms with Gasteiger partial charge in [0, 0.05) is 11.6 Å². The molecule has 3 aromatic rings. The number of carbonyl (C=O) groups excluding carboxylic acids is 1. The molecule has 0 aliphatic carbocycles. The fourth-order valence-corrected chi connectivity index (χ4v) is 4.11. The first kappa shape index (κ1) is 19.9. The number of hydrogen-bond donors (Lipinski definition) is 1. The molecule has 0 amide bonds. The van der Waals surface area contributed by atoms with Gasteiger partial charge >= 0.3 is 0 Å². The highest BCUT2D eigenvalue weighted by Gasteiger charge is 2.24. The molecule has 1 heterocycles. The van der Waals surface area contributed by atoms with Crippen molar-refractivity contribution in [1.82, 2.24) is 0 Å². The minimum absolute atomic E-state index is 0.0501. The lowest BCUT2D eigenvalue weighted by atomic mass is 10.0. The van der Waals surface area contributed by atoms with Gasteiger partial charge in [0.15, 0.2) is 17.3 Å². The summed E-state index contributed by atoms with van der Waals surface area (Å²) in [4.78, 5) is 13.1. The molecule has 0 saturated carbocycles. The summed E-state index contributed by atoms with van der Waals surface area (Å²) in [5, 5.41) is 0. The molecule has 1 aliphatic rings. The normalized spacial score (nSPS) is 13.0. The third kappa shape index (κ3) is 3.99. The second kappa shape index (κ2) is 7.79. The molecule has 0 saturated heterocycles. The second-order valence-corrected chi connectivity index (χ2v) is 8.48. The Balaban J connectivity index is 1.78. The van der Waals surface area contributed by atoms with Crippen LogP contribution in [0.25, 0.3) is 0 Å². The number of sulfonamides is 1. The standard InChI is InChI=1S/C22H18FNO5S/c1-14-2-8-17(9-3-14)30(26,27)24-19-13-21-20(28-10-11-29-21)12-18(19)22(25)15-4-6-16(23)7-5-15/h2-9,12-13,24H,10-11H2,1H3. The third-order valence-electron chi connectivity index (χ3n) is 4.61. The van der Waals surface area contributed by atoms with E-state index >= 15 is 0 Å². The number of hydrogen-bond acceptors (Lipinski definition) is 5. The highest BCUT2D eigenvalue weighted by Crippen LogP contribution is 2.37. The van der Waals surface area contributed by atoms with Gasteiger partial charge in [0.25, 0.3) is 10.0 Å². The number of halogens is 1. The van der Waals surface area contributed by atoms with Crippen LogP contribution in [0.2, 0.25) is 0 Å². The van der Waals surface area contributed by atoms with E-state index in [0.29, 0.717) is 24.7 Å². The Morgan fingerprint density at radius 2 is 1.53 bits per heavy atom. The Bertz CT molecular complexity index is 1210. The third-order valence-corrected chi connectivity index (χ3v) is 5.99. The lowest BCUT2D eigenvalue weighted by Crippen LogP contribution is -2.19.